The standard InChI is InChI=1S/C20H26N4O3.ClH/c1-3-17(13-4-5-18-19(8-13)27-7-6-26-18)23-20(25)16-11-21-10-15(16)14-9-22-24(2)12-14;/h4-5,8-9,12,15-17,21H,3,6-7,10-11H2,1-2H3,(H,23,25);1H/t15-,16+,17?;/m1./s1. The fourth-order valence-electron chi connectivity index (χ4n) is 3.91. The molecule has 2 aliphatic rings. The highest BCUT2D eigenvalue weighted by molar-refractivity contribution is 5.85. The van der Waals surface area contributed by atoms with Crippen LogP contribution in [-0.4, -0.2) is 42.0 Å². The van der Waals surface area contributed by atoms with Gasteiger partial charge >= 0.3 is 0 Å². The normalized spacial score (nSPS) is 21.6. The molecule has 3 atom stereocenters. The van der Waals surface area contributed by atoms with E-state index in [2.05, 4.69) is 22.7 Å². The summed E-state index contributed by atoms with van der Waals surface area (Å²) in [6, 6.07) is 5.86. The molecule has 0 saturated carbocycles. The van der Waals surface area contributed by atoms with Crippen molar-refractivity contribution in [1.82, 2.24) is 20.4 Å². The van der Waals surface area contributed by atoms with Gasteiger partial charge in [-0.15, -0.1) is 12.4 Å². The highest BCUT2D eigenvalue weighted by atomic mass is 35.5. The molecule has 2 N–H and O–H groups in total. The summed E-state index contributed by atoms with van der Waals surface area (Å²) >= 11 is 0. The van der Waals surface area contributed by atoms with Crippen molar-refractivity contribution in [3.63, 3.8) is 0 Å². The molecule has 7 nitrogen and oxygen atoms in total. The van der Waals surface area contributed by atoms with Crippen molar-refractivity contribution in [3.8, 4) is 11.5 Å². The predicted molar refractivity (Wildman–Crippen MR) is 108 cm³/mol. The fraction of sp³-hybridized carbons (Fsp3) is 0.500. The topological polar surface area (TPSA) is 77.4 Å². The van der Waals surface area contributed by atoms with Crippen LogP contribution in [0.3, 0.4) is 0 Å². The zero-order valence-corrected chi connectivity index (χ0v) is 17.0. The van der Waals surface area contributed by atoms with Gasteiger partial charge in [0.15, 0.2) is 11.5 Å². The minimum absolute atomic E-state index is 0. The average molecular weight is 407 g/mol. The van der Waals surface area contributed by atoms with Crippen molar-refractivity contribution in [2.75, 3.05) is 26.3 Å². The Balaban J connectivity index is 0.00000225. The number of halogens is 1. The first kappa shape index (κ1) is 20.5. The van der Waals surface area contributed by atoms with Gasteiger partial charge in [0.2, 0.25) is 5.91 Å². The Labute approximate surface area is 171 Å². The van der Waals surface area contributed by atoms with E-state index in [4.69, 9.17) is 9.47 Å². The first-order chi connectivity index (χ1) is 13.2. The molecule has 28 heavy (non-hydrogen) atoms. The maximum atomic E-state index is 13.0. The number of ether oxygens (including phenoxy) is 2. The van der Waals surface area contributed by atoms with Crippen LogP contribution in [0.15, 0.2) is 30.6 Å². The molecule has 1 aromatic carbocycles. The summed E-state index contributed by atoms with van der Waals surface area (Å²) < 4.78 is 13.1. The molecule has 1 fully saturated rings. The van der Waals surface area contributed by atoms with Crippen LogP contribution in [0, 0.1) is 5.92 Å². The molecule has 8 heteroatoms. The largest absolute Gasteiger partial charge is 0.486 e. The lowest BCUT2D eigenvalue weighted by molar-refractivity contribution is -0.125. The van der Waals surface area contributed by atoms with E-state index in [-0.39, 0.29) is 36.2 Å². The van der Waals surface area contributed by atoms with Crippen LogP contribution in [0.2, 0.25) is 0 Å². The van der Waals surface area contributed by atoms with E-state index in [1.165, 1.54) is 0 Å². The SMILES string of the molecule is CCC(NC(=O)[C@H]1CNC[C@@H]1c1cnn(C)c1)c1ccc2c(c1)OCCO2.Cl. The van der Waals surface area contributed by atoms with Crippen LogP contribution in [-0.2, 0) is 11.8 Å². The fourth-order valence-corrected chi connectivity index (χ4v) is 3.91. The van der Waals surface area contributed by atoms with Crippen molar-refractivity contribution < 1.29 is 14.3 Å². The number of nitrogens with one attached hydrogen (secondary N) is 2. The van der Waals surface area contributed by atoms with Crippen molar-refractivity contribution in [2.45, 2.75) is 25.3 Å². The Morgan fingerprint density at radius 1 is 1.32 bits per heavy atom. The van der Waals surface area contributed by atoms with E-state index in [0.717, 1.165) is 35.6 Å². The molecule has 1 amide bonds. The molecule has 0 aliphatic carbocycles. The van der Waals surface area contributed by atoms with Gasteiger partial charge in [-0.05, 0) is 29.7 Å². The van der Waals surface area contributed by atoms with Crippen molar-refractivity contribution in [3.05, 3.63) is 41.7 Å². The van der Waals surface area contributed by atoms with Crippen LogP contribution in [0.5, 0.6) is 11.5 Å². The highest BCUT2D eigenvalue weighted by Crippen LogP contribution is 2.34. The van der Waals surface area contributed by atoms with Gasteiger partial charge in [0, 0.05) is 32.3 Å². The second-order valence-corrected chi connectivity index (χ2v) is 7.19. The van der Waals surface area contributed by atoms with Crippen molar-refractivity contribution >= 4 is 18.3 Å². The Hall–Kier alpha value is -2.25. The summed E-state index contributed by atoms with van der Waals surface area (Å²) in [5.74, 6) is 1.65. The van der Waals surface area contributed by atoms with Gasteiger partial charge in [-0.2, -0.15) is 5.10 Å². The lowest BCUT2D eigenvalue weighted by Crippen LogP contribution is -2.36. The smallest absolute Gasteiger partial charge is 0.225 e. The zero-order chi connectivity index (χ0) is 18.8. The van der Waals surface area contributed by atoms with Crippen LogP contribution in [0.25, 0.3) is 0 Å². The lowest BCUT2D eigenvalue weighted by Gasteiger charge is -2.24. The summed E-state index contributed by atoms with van der Waals surface area (Å²) in [4.78, 5) is 13.0. The molecular weight excluding hydrogens is 380 g/mol. The second kappa shape index (κ2) is 8.84. The molecule has 0 radical (unpaired) electrons. The van der Waals surface area contributed by atoms with Crippen LogP contribution >= 0.6 is 12.4 Å². The van der Waals surface area contributed by atoms with E-state index in [1.54, 1.807) is 4.68 Å². The quantitative estimate of drug-likeness (QED) is 0.795. The van der Waals surface area contributed by atoms with Gasteiger partial charge in [-0.1, -0.05) is 13.0 Å². The van der Waals surface area contributed by atoms with E-state index < -0.39 is 0 Å². The van der Waals surface area contributed by atoms with Gasteiger partial charge in [0.05, 0.1) is 18.2 Å². The predicted octanol–water partition coefficient (Wildman–Crippen LogP) is 2.18. The first-order valence-corrected chi connectivity index (χ1v) is 9.55. The number of nitrogens with zero attached hydrogens (tertiary/aromatic N) is 2. The number of carbonyl (C=O) groups is 1. The number of hydrogen-bond donors (Lipinski definition) is 2. The van der Waals surface area contributed by atoms with E-state index in [9.17, 15) is 4.79 Å². The van der Waals surface area contributed by atoms with Gasteiger partial charge in [-0.3, -0.25) is 9.48 Å². The number of aryl methyl sites for hydroxylation is 1. The molecule has 152 valence electrons. The van der Waals surface area contributed by atoms with E-state index in [1.807, 2.05) is 37.6 Å². The van der Waals surface area contributed by atoms with Gasteiger partial charge < -0.3 is 20.1 Å². The average Bonchev–Trinajstić information content (AvgIpc) is 3.34. The lowest BCUT2D eigenvalue weighted by atomic mass is 9.89. The molecule has 1 aromatic heterocycles. The maximum absolute atomic E-state index is 13.0. The molecular formula is C20H27ClN4O3. The summed E-state index contributed by atoms with van der Waals surface area (Å²) in [5, 5.41) is 10.8. The number of aromatic nitrogens is 2. The van der Waals surface area contributed by atoms with Gasteiger partial charge in [0.1, 0.15) is 13.2 Å². The summed E-state index contributed by atoms with van der Waals surface area (Å²) in [6.45, 7) is 4.69. The van der Waals surface area contributed by atoms with Gasteiger partial charge in [-0.25, -0.2) is 0 Å². The molecule has 4 rings (SSSR count). The summed E-state index contributed by atoms with van der Waals surface area (Å²) in [5.41, 5.74) is 2.15. The number of rotatable bonds is 5. The van der Waals surface area contributed by atoms with Crippen molar-refractivity contribution in [1.29, 1.82) is 0 Å². The third-order valence-corrected chi connectivity index (χ3v) is 5.40. The third kappa shape index (κ3) is 4.10. The number of fused-ring (bicyclic) bond motifs is 1. The molecule has 2 aliphatic heterocycles. The Morgan fingerprint density at radius 3 is 2.82 bits per heavy atom. The highest BCUT2D eigenvalue weighted by Gasteiger charge is 2.35. The monoisotopic (exact) mass is 406 g/mol. The zero-order valence-electron chi connectivity index (χ0n) is 16.2. The summed E-state index contributed by atoms with van der Waals surface area (Å²) in [7, 11) is 1.90. The Morgan fingerprint density at radius 2 is 2.11 bits per heavy atom. The van der Waals surface area contributed by atoms with E-state index in [0.29, 0.717) is 19.8 Å². The number of hydrogen-bond acceptors (Lipinski definition) is 5. The molecule has 1 saturated heterocycles. The van der Waals surface area contributed by atoms with E-state index >= 15 is 0 Å². The molecule has 0 spiro atoms. The first-order valence-electron chi connectivity index (χ1n) is 9.55. The van der Waals surface area contributed by atoms with Crippen molar-refractivity contribution in [2.24, 2.45) is 13.0 Å². The minimum atomic E-state index is -0.0968. The third-order valence-electron chi connectivity index (χ3n) is 5.40. The Bertz CT molecular complexity index is 826. The minimum Gasteiger partial charge on any atom is -0.486 e. The molecule has 2 aromatic rings. The van der Waals surface area contributed by atoms with Crippen LogP contribution in [0.1, 0.15) is 36.4 Å². The number of carbonyl (C=O) groups excluding carboxylic acids is 1. The molecule has 1 unspecified atom stereocenters. The van der Waals surface area contributed by atoms with Gasteiger partial charge in [0.25, 0.3) is 0 Å². The molecule has 0 bridgehead atoms. The maximum Gasteiger partial charge on any atom is 0.225 e. The number of benzene rings is 1. The Kier molecular flexibility index (Phi) is 6.46. The summed E-state index contributed by atoms with van der Waals surface area (Å²) in [6.07, 6.45) is 4.66. The molecule has 3 heterocycles. The number of amides is 1. The van der Waals surface area contributed by atoms with Crippen LogP contribution < -0.4 is 20.1 Å². The second-order valence-electron chi connectivity index (χ2n) is 7.19. The van der Waals surface area contributed by atoms with Crippen LogP contribution in [0.4, 0.5) is 0 Å².